The van der Waals surface area contributed by atoms with E-state index in [2.05, 4.69) is 13.8 Å². The van der Waals surface area contributed by atoms with Crippen LogP contribution < -0.4 is 0 Å². The van der Waals surface area contributed by atoms with Crippen molar-refractivity contribution < 1.29 is 19.7 Å². The summed E-state index contributed by atoms with van der Waals surface area (Å²) >= 11 is 0. The molecule has 0 heterocycles. The average molecular weight is 373 g/mol. The van der Waals surface area contributed by atoms with Crippen molar-refractivity contribution in [2.45, 2.75) is 112 Å². The third-order valence-corrected chi connectivity index (χ3v) is 7.05. The molecule has 0 spiro atoms. The van der Waals surface area contributed by atoms with Crippen LogP contribution in [-0.4, -0.2) is 40.4 Å². The summed E-state index contributed by atoms with van der Waals surface area (Å²) in [6, 6.07) is 0. The number of hydrogen-bond donors (Lipinski definition) is 2. The zero-order chi connectivity index (χ0) is 20.6. The molecule has 0 saturated carbocycles. The Labute approximate surface area is 161 Å². The Morgan fingerprint density at radius 1 is 0.923 bits per heavy atom. The number of aliphatic hydroxyl groups is 2. The van der Waals surface area contributed by atoms with Crippen LogP contribution in [0.1, 0.15) is 100 Å². The summed E-state index contributed by atoms with van der Waals surface area (Å²) in [4.78, 5) is 12.9. The third-order valence-electron chi connectivity index (χ3n) is 7.05. The van der Waals surface area contributed by atoms with Crippen molar-refractivity contribution in [2.75, 3.05) is 13.2 Å². The number of ether oxygens (including phenoxy) is 1. The van der Waals surface area contributed by atoms with Gasteiger partial charge in [-0.25, -0.2) is 0 Å². The molecule has 0 aromatic carbocycles. The Kier molecular flexibility index (Phi) is 10.0. The molecule has 0 aliphatic heterocycles. The lowest BCUT2D eigenvalue weighted by molar-refractivity contribution is -0.157. The first kappa shape index (κ1) is 25.6. The van der Waals surface area contributed by atoms with Gasteiger partial charge in [0, 0.05) is 19.6 Å². The number of hydrogen-bond acceptors (Lipinski definition) is 4. The highest BCUT2D eigenvalue weighted by atomic mass is 16.5. The molecular formula is C22H44O4. The molecule has 0 saturated heterocycles. The van der Waals surface area contributed by atoms with E-state index in [4.69, 9.17) is 9.84 Å². The number of Topliss-reactive ketones (excluding diaryl/α,β-unsaturated/α-hetero) is 1. The van der Waals surface area contributed by atoms with Gasteiger partial charge in [-0.2, -0.15) is 0 Å². The Morgan fingerprint density at radius 2 is 1.50 bits per heavy atom. The van der Waals surface area contributed by atoms with E-state index in [9.17, 15) is 9.90 Å². The molecule has 0 aromatic rings. The van der Waals surface area contributed by atoms with Gasteiger partial charge >= 0.3 is 0 Å². The summed E-state index contributed by atoms with van der Waals surface area (Å²) < 4.78 is 6.24. The maximum absolute atomic E-state index is 12.9. The molecule has 0 amide bonds. The number of unbranched alkanes of at least 4 members (excludes halogenated alkanes) is 2. The number of carbonyl (C=O) groups excluding carboxylic acids is 1. The van der Waals surface area contributed by atoms with Crippen LogP contribution in [0.5, 0.6) is 0 Å². The molecular weight excluding hydrogens is 328 g/mol. The predicted molar refractivity (Wildman–Crippen MR) is 108 cm³/mol. The molecule has 0 bridgehead atoms. The predicted octanol–water partition coefficient (Wildman–Crippen LogP) is 4.90. The van der Waals surface area contributed by atoms with Gasteiger partial charge in [0.15, 0.2) is 0 Å². The molecule has 4 nitrogen and oxygen atoms in total. The van der Waals surface area contributed by atoms with Crippen LogP contribution in [0.2, 0.25) is 0 Å². The van der Waals surface area contributed by atoms with Crippen LogP contribution in [0.4, 0.5) is 0 Å². The van der Waals surface area contributed by atoms with Gasteiger partial charge < -0.3 is 14.9 Å². The molecule has 0 rings (SSSR count). The van der Waals surface area contributed by atoms with Crippen LogP contribution >= 0.6 is 0 Å². The van der Waals surface area contributed by atoms with Gasteiger partial charge in [0.1, 0.15) is 5.78 Å². The van der Waals surface area contributed by atoms with E-state index in [1.807, 2.05) is 41.5 Å². The Balaban J connectivity index is 4.89. The van der Waals surface area contributed by atoms with E-state index in [0.29, 0.717) is 19.4 Å². The SMILES string of the molecule is CCC(C)(O)C(C)(C)CCOC(C)(C)C(C)(CC)C(=O)CCCCCO. The molecule has 0 aliphatic carbocycles. The topological polar surface area (TPSA) is 66.8 Å². The van der Waals surface area contributed by atoms with E-state index < -0.39 is 16.6 Å². The van der Waals surface area contributed by atoms with E-state index in [-0.39, 0.29) is 17.8 Å². The lowest BCUT2D eigenvalue weighted by Crippen LogP contribution is -2.50. The first-order valence-electron chi connectivity index (χ1n) is 10.3. The Bertz CT molecular complexity index is 426. The highest BCUT2D eigenvalue weighted by molar-refractivity contribution is 5.85. The Morgan fingerprint density at radius 3 is 1.96 bits per heavy atom. The zero-order valence-electron chi connectivity index (χ0n) is 18.6. The molecule has 156 valence electrons. The van der Waals surface area contributed by atoms with E-state index in [1.54, 1.807) is 0 Å². The van der Waals surface area contributed by atoms with Crippen LogP contribution in [0.25, 0.3) is 0 Å². The molecule has 4 heteroatoms. The third kappa shape index (κ3) is 6.31. The smallest absolute Gasteiger partial charge is 0.141 e. The molecule has 0 radical (unpaired) electrons. The van der Waals surface area contributed by atoms with Crippen molar-refractivity contribution in [1.29, 1.82) is 0 Å². The highest BCUT2D eigenvalue weighted by Crippen LogP contribution is 2.41. The van der Waals surface area contributed by atoms with Gasteiger partial charge in [-0.05, 0) is 65.2 Å². The van der Waals surface area contributed by atoms with Gasteiger partial charge in [-0.3, -0.25) is 4.79 Å². The monoisotopic (exact) mass is 372 g/mol. The Hall–Kier alpha value is -0.450. The normalized spacial score (nSPS) is 17.6. The number of carbonyl (C=O) groups is 1. The van der Waals surface area contributed by atoms with Crippen molar-refractivity contribution in [3.8, 4) is 0 Å². The largest absolute Gasteiger partial charge is 0.396 e. The summed E-state index contributed by atoms with van der Waals surface area (Å²) in [5.74, 6) is 0.239. The lowest BCUT2D eigenvalue weighted by atomic mass is 9.68. The fourth-order valence-electron chi connectivity index (χ4n) is 3.28. The summed E-state index contributed by atoms with van der Waals surface area (Å²) in [6.45, 7) is 16.8. The molecule has 0 aromatic heterocycles. The van der Waals surface area contributed by atoms with Crippen LogP contribution in [0.15, 0.2) is 0 Å². The first-order chi connectivity index (χ1) is 11.8. The van der Waals surface area contributed by atoms with Crippen molar-refractivity contribution in [3.05, 3.63) is 0 Å². The van der Waals surface area contributed by atoms with Crippen molar-refractivity contribution >= 4 is 5.78 Å². The fourth-order valence-corrected chi connectivity index (χ4v) is 3.28. The summed E-state index contributed by atoms with van der Waals surface area (Å²) in [5.41, 5.74) is -2.10. The van der Waals surface area contributed by atoms with Crippen LogP contribution in [-0.2, 0) is 9.53 Å². The lowest BCUT2D eigenvalue weighted by Gasteiger charge is -2.44. The summed E-state index contributed by atoms with van der Waals surface area (Å²) in [5, 5.41) is 19.5. The quantitative estimate of drug-likeness (QED) is 0.426. The van der Waals surface area contributed by atoms with Gasteiger partial charge in [-0.15, -0.1) is 0 Å². The first-order valence-corrected chi connectivity index (χ1v) is 10.3. The molecule has 2 atom stereocenters. The number of rotatable bonds is 14. The minimum atomic E-state index is -0.739. The minimum Gasteiger partial charge on any atom is -0.396 e. The second-order valence-corrected chi connectivity index (χ2v) is 9.26. The maximum atomic E-state index is 12.9. The van der Waals surface area contributed by atoms with Crippen molar-refractivity contribution in [1.82, 2.24) is 0 Å². The summed E-state index contributed by atoms with van der Waals surface area (Å²) in [7, 11) is 0. The van der Waals surface area contributed by atoms with E-state index in [1.165, 1.54) is 0 Å². The molecule has 2 N–H and O–H groups in total. The van der Waals surface area contributed by atoms with E-state index >= 15 is 0 Å². The highest BCUT2D eigenvalue weighted by Gasteiger charge is 2.46. The van der Waals surface area contributed by atoms with Crippen molar-refractivity contribution in [3.63, 3.8) is 0 Å². The fraction of sp³-hybridized carbons (Fsp3) is 0.955. The standard InChI is InChI=1S/C22H44O4/c1-9-21(7,18(24)14-12-11-13-16-23)20(5,6)26-17-15-19(3,4)22(8,25)10-2/h23,25H,9-17H2,1-8H3. The zero-order valence-corrected chi connectivity index (χ0v) is 18.6. The molecule has 2 unspecified atom stereocenters. The van der Waals surface area contributed by atoms with Gasteiger partial charge in [0.25, 0.3) is 0 Å². The van der Waals surface area contributed by atoms with Gasteiger partial charge in [-0.1, -0.05) is 34.1 Å². The van der Waals surface area contributed by atoms with Crippen LogP contribution in [0, 0.1) is 10.8 Å². The van der Waals surface area contributed by atoms with Gasteiger partial charge in [0.2, 0.25) is 0 Å². The maximum Gasteiger partial charge on any atom is 0.141 e. The number of ketones is 1. The van der Waals surface area contributed by atoms with Crippen LogP contribution in [0.3, 0.4) is 0 Å². The van der Waals surface area contributed by atoms with E-state index in [0.717, 1.165) is 32.1 Å². The average Bonchev–Trinajstić information content (AvgIpc) is 2.56. The second-order valence-electron chi connectivity index (χ2n) is 9.26. The molecule has 0 fully saturated rings. The number of aliphatic hydroxyl groups excluding tert-OH is 1. The van der Waals surface area contributed by atoms with Gasteiger partial charge in [0.05, 0.1) is 16.6 Å². The second kappa shape index (κ2) is 10.2. The summed E-state index contributed by atoms with van der Waals surface area (Å²) in [6.07, 6.45) is 5.15. The molecule has 0 aliphatic rings. The minimum absolute atomic E-state index is 0.186. The van der Waals surface area contributed by atoms with Crippen molar-refractivity contribution in [2.24, 2.45) is 10.8 Å². The molecule has 26 heavy (non-hydrogen) atoms.